The number of carbonyl (C=O) groups is 2. The highest BCUT2D eigenvalue weighted by atomic mass is 16.2. The van der Waals surface area contributed by atoms with E-state index in [0.29, 0.717) is 5.69 Å². The molecule has 106 valence electrons. The SMILES string of the molecule is CC(C)(C#N)c1ccc(NC(=O)CNC(=O)CN)cc1. The Hall–Kier alpha value is -2.39. The molecule has 1 aromatic carbocycles. The van der Waals surface area contributed by atoms with Crippen LogP contribution >= 0.6 is 0 Å². The van der Waals surface area contributed by atoms with Gasteiger partial charge in [-0.05, 0) is 31.5 Å². The van der Waals surface area contributed by atoms with Crippen molar-refractivity contribution in [1.29, 1.82) is 5.26 Å². The van der Waals surface area contributed by atoms with E-state index in [4.69, 9.17) is 11.0 Å². The lowest BCUT2D eigenvalue weighted by atomic mass is 9.86. The summed E-state index contributed by atoms with van der Waals surface area (Å²) in [6, 6.07) is 9.23. The number of amides is 2. The van der Waals surface area contributed by atoms with Crippen molar-refractivity contribution >= 4 is 17.5 Å². The summed E-state index contributed by atoms with van der Waals surface area (Å²) in [6.45, 7) is 3.37. The number of rotatable bonds is 5. The smallest absolute Gasteiger partial charge is 0.243 e. The van der Waals surface area contributed by atoms with E-state index in [0.717, 1.165) is 5.56 Å². The van der Waals surface area contributed by atoms with E-state index in [1.54, 1.807) is 24.3 Å². The minimum atomic E-state index is -0.572. The molecular formula is C14H18N4O2. The number of hydrogen-bond acceptors (Lipinski definition) is 4. The Kier molecular flexibility index (Phi) is 5.23. The molecule has 0 aliphatic heterocycles. The number of hydrogen-bond donors (Lipinski definition) is 3. The fourth-order valence-corrected chi connectivity index (χ4v) is 1.49. The van der Waals surface area contributed by atoms with Crippen molar-refractivity contribution in [2.24, 2.45) is 5.73 Å². The van der Waals surface area contributed by atoms with Gasteiger partial charge in [-0.3, -0.25) is 9.59 Å². The first-order valence-corrected chi connectivity index (χ1v) is 6.17. The number of benzene rings is 1. The minimum Gasteiger partial charge on any atom is -0.346 e. The number of nitrogens with zero attached hydrogens (tertiary/aromatic N) is 1. The van der Waals surface area contributed by atoms with Gasteiger partial charge in [-0.25, -0.2) is 0 Å². The standard InChI is InChI=1S/C14H18N4O2/c1-14(2,9-16)10-3-5-11(6-4-10)18-13(20)8-17-12(19)7-15/h3-6H,7-8,15H2,1-2H3,(H,17,19)(H,18,20). The van der Waals surface area contributed by atoms with Crippen molar-refractivity contribution in [3.63, 3.8) is 0 Å². The molecule has 1 aromatic rings. The van der Waals surface area contributed by atoms with Gasteiger partial charge in [0.2, 0.25) is 11.8 Å². The van der Waals surface area contributed by atoms with Gasteiger partial charge in [0, 0.05) is 5.69 Å². The zero-order chi connectivity index (χ0) is 15.2. The molecule has 0 aliphatic rings. The summed E-state index contributed by atoms with van der Waals surface area (Å²) >= 11 is 0. The van der Waals surface area contributed by atoms with E-state index in [9.17, 15) is 9.59 Å². The van der Waals surface area contributed by atoms with Crippen LogP contribution in [0.3, 0.4) is 0 Å². The van der Waals surface area contributed by atoms with Crippen LogP contribution in [0.1, 0.15) is 19.4 Å². The summed E-state index contributed by atoms with van der Waals surface area (Å²) in [5.41, 5.74) is 6.02. The molecule has 0 aliphatic carbocycles. The first kappa shape index (κ1) is 15.7. The van der Waals surface area contributed by atoms with Crippen molar-refractivity contribution < 1.29 is 9.59 Å². The zero-order valence-electron chi connectivity index (χ0n) is 11.6. The predicted octanol–water partition coefficient (Wildman–Crippen LogP) is 0.501. The Morgan fingerprint density at radius 1 is 1.25 bits per heavy atom. The van der Waals surface area contributed by atoms with Crippen LogP contribution in [-0.2, 0) is 15.0 Å². The molecule has 2 amide bonds. The van der Waals surface area contributed by atoms with Gasteiger partial charge < -0.3 is 16.4 Å². The molecule has 0 fully saturated rings. The Morgan fingerprint density at radius 3 is 2.35 bits per heavy atom. The van der Waals surface area contributed by atoms with Gasteiger partial charge in [0.25, 0.3) is 0 Å². The molecule has 6 nitrogen and oxygen atoms in total. The lowest BCUT2D eigenvalue weighted by Gasteiger charge is -2.16. The highest BCUT2D eigenvalue weighted by molar-refractivity contribution is 5.94. The normalized spacial score (nSPS) is 10.5. The summed E-state index contributed by atoms with van der Waals surface area (Å²) in [5.74, 6) is -0.717. The highest BCUT2D eigenvalue weighted by Gasteiger charge is 2.19. The Bertz CT molecular complexity index is 529. The monoisotopic (exact) mass is 274 g/mol. The van der Waals surface area contributed by atoms with Crippen LogP contribution < -0.4 is 16.4 Å². The minimum absolute atomic E-state index is 0.124. The number of carbonyl (C=O) groups excluding carboxylic acids is 2. The third-order valence-electron chi connectivity index (χ3n) is 2.80. The van der Waals surface area contributed by atoms with E-state index in [1.807, 2.05) is 13.8 Å². The van der Waals surface area contributed by atoms with Gasteiger partial charge in [0.1, 0.15) is 0 Å². The number of anilines is 1. The average Bonchev–Trinajstić information content (AvgIpc) is 2.45. The van der Waals surface area contributed by atoms with E-state index in [2.05, 4.69) is 16.7 Å². The molecule has 0 atom stereocenters. The molecule has 0 unspecified atom stereocenters. The fraction of sp³-hybridized carbons (Fsp3) is 0.357. The molecule has 0 heterocycles. The molecule has 0 saturated carbocycles. The lowest BCUT2D eigenvalue weighted by molar-refractivity contribution is -0.123. The van der Waals surface area contributed by atoms with E-state index >= 15 is 0 Å². The summed E-state index contributed by atoms with van der Waals surface area (Å²) in [7, 11) is 0. The first-order valence-electron chi connectivity index (χ1n) is 6.17. The van der Waals surface area contributed by atoms with Crippen LogP contribution in [0, 0.1) is 11.3 Å². The van der Waals surface area contributed by atoms with Gasteiger partial charge in [0.05, 0.1) is 24.6 Å². The molecule has 6 heteroatoms. The van der Waals surface area contributed by atoms with Gasteiger partial charge in [-0.1, -0.05) is 12.1 Å². The molecule has 0 bridgehead atoms. The maximum absolute atomic E-state index is 11.6. The molecule has 0 aromatic heterocycles. The Morgan fingerprint density at radius 2 is 1.85 bits per heavy atom. The largest absolute Gasteiger partial charge is 0.346 e. The third-order valence-corrected chi connectivity index (χ3v) is 2.80. The zero-order valence-corrected chi connectivity index (χ0v) is 11.6. The molecule has 0 spiro atoms. The van der Waals surface area contributed by atoms with Crippen LogP contribution in [0.2, 0.25) is 0 Å². The predicted molar refractivity (Wildman–Crippen MR) is 75.8 cm³/mol. The van der Waals surface area contributed by atoms with Gasteiger partial charge in [-0.2, -0.15) is 5.26 Å². The molecule has 20 heavy (non-hydrogen) atoms. The van der Waals surface area contributed by atoms with Crippen molar-refractivity contribution in [1.82, 2.24) is 5.32 Å². The van der Waals surface area contributed by atoms with E-state index < -0.39 is 5.41 Å². The molecule has 4 N–H and O–H groups in total. The van der Waals surface area contributed by atoms with Crippen molar-refractivity contribution in [3.8, 4) is 6.07 Å². The van der Waals surface area contributed by atoms with Crippen molar-refractivity contribution in [3.05, 3.63) is 29.8 Å². The molecule has 0 saturated heterocycles. The van der Waals surface area contributed by atoms with Crippen LogP contribution in [0.25, 0.3) is 0 Å². The van der Waals surface area contributed by atoms with Crippen LogP contribution in [0.15, 0.2) is 24.3 Å². The second-order valence-electron chi connectivity index (χ2n) is 4.84. The lowest BCUT2D eigenvalue weighted by Crippen LogP contribution is -2.36. The highest BCUT2D eigenvalue weighted by Crippen LogP contribution is 2.23. The van der Waals surface area contributed by atoms with Crippen LogP contribution in [0.5, 0.6) is 0 Å². The average molecular weight is 274 g/mol. The molecular weight excluding hydrogens is 256 g/mol. The van der Waals surface area contributed by atoms with E-state index in [-0.39, 0.29) is 24.9 Å². The molecule has 1 rings (SSSR count). The van der Waals surface area contributed by atoms with Crippen molar-refractivity contribution in [2.45, 2.75) is 19.3 Å². The van der Waals surface area contributed by atoms with Crippen LogP contribution in [0.4, 0.5) is 5.69 Å². The van der Waals surface area contributed by atoms with Gasteiger partial charge >= 0.3 is 0 Å². The second kappa shape index (κ2) is 6.68. The van der Waals surface area contributed by atoms with Crippen molar-refractivity contribution in [2.75, 3.05) is 18.4 Å². The van der Waals surface area contributed by atoms with Gasteiger partial charge in [0.15, 0.2) is 0 Å². The second-order valence-corrected chi connectivity index (χ2v) is 4.84. The Labute approximate surface area is 118 Å². The third kappa shape index (κ3) is 4.37. The number of nitrogens with one attached hydrogen (secondary N) is 2. The number of nitriles is 1. The molecule has 0 radical (unpaired) electrons. The quantitative estimate of drug-likeness (QED) is 0.726. The maximum Gasteiger partial charge on any atom is 0.243 e. The first-order chi connectivity index (χ1) is 9.39. The van der Waals surface area contributed by atoms with Gasteiger partial charge in [-0.15, -0.1) is 0 Å². The maximum atomic E-state index is 11.6. The summed E-state index contributed by atoms with van der Waals surface area (Å²) in [5, 5.41) is 14.1. The summed E-state index contributed by atoms with van der Waals surface area (Å²) < 4.78 is 0. The van der Waals surface area contributed by atoms with Crippen LogP contribution in [-0.4, -0.2) is 24.9 Å². The number of nitrogens with two attached hydrogens (primary N) is 1. The Balaban J connectivity index is 2.60. The summed E-state index contributed by atoms with van der Waals surface area (Å²) in [6.07, 6.45) is 0. The van der Waals surface area contributed by atoms with E-state index in [1.165, 1.54) is 0 Å². The fourth-order valence-electron chi connectivity index (χ4n) is 1.49. The topological polar surface area (TPSA) is 108 Å². The summed E-state index contributed by atoms with van der Waals surface area (Å²) in [4.78, 5) is 22.5.